The number of pyridine rings is 1. The minimum atomic E-state index is -1.19. The van der Waals surface area contributed by atoms with Gasteiger partial charge in [0.25, 0.3) is 0 Å². The van der Waals surface area contributed by atoms with Crippen LogP contribution < -0.4 is 19.5 Å². The predicted octanol–water partition coefficient (Wildman–Crippen LogP) is 6.32. The molecule has 0 amide bonds. The Bertz CT molecular complexity index is 1900. The molecule has 3 atom stereocenters. The summed E-state index contributed by atoms with van der Waals surface area (Å²) in [6.07, 6.45) is 4.01. The molecule has 3 aliphatic rings. The highest BCUT2D eigenvalue weighted by molar-refractivity contribution is 6.35. The quantitative estimate of drug-likeness (QED) is 0.0921. The average molecular weight is 739 g/mol. The van der Waals surface area contributed by atoms with Crippen molar-refractivity contribution in [1.82, 2.24) is 10.2 Å². The van der Waals surface area contributed by atoms with Crippen LogP contribution in [-0.4, -0.2) is 61.9 Å². The third-order valence-electron chi connectivity index (χ3n) is 9.86. The number of piperidine rings is 3. The molecule has 0 aliphatic carbocycles. The molecule has 0 radical (unpaired) electrons. The molecular weight excluding hydrogens is 700 g/mol. The first-order valence-electron chi connectivity index (χ1n) is 16.6. The third kappa shape index (κ3) is 7.92. The van der Waals surface area contributed by atoms with Crippen LogP contribution in [0.15, 0.2) is 73.1 Å². The predicted molar refractivity (Wildman–Crippen MR) is 189 cm³/mol. The van der Waals surface area contributed by atoms with E-state index in [2.05, 4.69) is 10.2 Å². The molecule has 4 aromatic rings. The lowest BCUT2D eigenvalue weighted by molar-refractivity contribution is -0.605. The lowest BCUT2D eigenvalue weighted by Gasteiger charge is -2.44. The van der Waals surface area contributed by atoms with Crippen LogP contribution in [0.1, 0.15) is 63.0 Å². The van der Waals surface area contributed by atoms with E-state index in [1.54, 1.807) is 42.5 Å². The fraction of sp³-hybridized carbons (Fsp3) is 0.342. The number of nitrogens with zero attached hydrogens (tertiary/aromatic N) is 2. The zero-order chi connectivity index (χ0) is 36.2. The molecule has 51 heavy (non-hydrogen) atoms. The topological polar surface area (TPSA) is 124 Å². The average Bonchev–Trinajstić information content (AvgIpc) is 3.12. The number of aromatic nitrogens is 1. The number of benzene rings is 3. The first kappa shape index (κ1) is 36.4. The number of carbonyl (C=O) groups is 2. The van der Waals surface area contributed by atoms with E-state index in [0.29, 0.717) is 45.0 Å². The lowest BCUT2D eigenvalue weighted by Crippen LogP contribution is -2.52. The number of nitrogens with one attached hydrogen (secondary N) is 1. The molecule has 1 aromatic heterocycles. The zero-order valence-corrected chi connectivity index (χ0v) is 29.6. The summed E-state index contributed by atoms with van der Waals surface area (Å²) in [4.78, 5) is 29.0. The van der Waals surface area contributed by atoms with Crippen molar-refractivity contribution in [2.24, 2.45) is 5.92 Å². The number of esters is 1. The number of methoxy groups -OCH3 is 2. The maximum Gasteiger partial charge on any atom is 0.335 e. The maximum absolute atomic E-state index is 15.3. The van der Waals surface area contributed by atoms with Crippen molar-refractivity contribution in [1.29, 1.82) is 0 Å². The second-order valence-electron chi connectivity index (χ2n) is 12.8. The Morgan fingerprint density at radius 1 is 1.02 bits per heavy atom. The van der Waals surface area contributed by atoms with Crippen LogP contribution in [0.4, 0.5) is 4.39 Å². The van der Waals surface area contributed by atoms with Gasteiger partial charge in [-0.15, -0.1) is 0 Å². The zero-order valence-electron chi connectivity index (χ0n) is 28.1. The summed E-state index contributed by atoms with van der Waals surface area (Å²) in [5.74, 6) is -1.97. The van der Waals surface area contributed by atoms with Crippen LogP contribution in [0.25, 0.3) is 0 Å². The number of rotatable bonds is 13. The molecule has 1 unspecified atom stereocenters. The van der Waals surface area contributed by atoms with E-state index in [0.717, 1.165) is 25.9 Å². The first-order valence-corrected chi connectivity index (χ1v) is 17.4. The summed E-state index contributed by atoms with van der Waals surface area (Å²) in [6.45, 7) is 2.53. The normalized spacial score (nSPS) is 19.3. The monoisotopic (exact) mass is 737 g/mol. The molecule has 3 aliphatic heterocycles. The summed E-state index contributed by atoms with van der Waals surface area (Å²) in [5, 5.41) is 26.0. The fourth-order valence-corrected chi connectivity index (χ4v) is 7.85. The van der Waals surface area contributed by atoms with Gasteiger partial charge in [0.15, 0.2) is 23.9 Å². The summed E-state index contributed by atoms with van der Waals surface area (Å²) in [5.41, 5.74) is 2.09. The Kier molecular flexibility index (Phi) is 11.3. The van der Waals surface area contributed by atoms with Crippen molar-refractivity contribution in [3.63, 3.8) is 0 Å². The van der Waals surface area contributed by atoms with Gasteiger partial charge < -0.3 is 24.5 Å². The molecule has 13 heteroatoms. The van der Waals surface area contributed by atoms with Gasteiger partial charge in [-0.25, -0.2) is 14.0 Å². The van der Waals surface area contributed by atoms with Crippen molar-refractivity contribution in [3.05, 3.63) is 128 Å². The van der Waals surface area contributed by atoms with Crippen LogP contribution >= 0.6 is 23.2 Å². The number of carbonyl (C=O) groups excluding carboxylic acids is 1. The Labute approximate surface area is 305 Å². The third-order valence-corrected chi connectivity index (χ3v) is 10.5. The summed E-state index contributed by atoms with van der Waals surface area (Å²) in [6, 6.07) is 14.9. The molecule has 0 spiro atoms. The van der Waals surface area contributed by atoms with Gasteiger partial charge in [-0.2, -0.15) is 4.73 Å². The van der Waals surface area contributed by atoms with E-state index in [1.807, 2.05) is 0 Å². The van der Waals surface area contributed by atoms with Crippen molar-refractivity contribution < 1.29 is 38.0 Å². The van der Waals surface area contributed by atoms with E-state index in [1.165, 1.54) is 44.8 Å². The smallest absolute Gasteiger partial charge is 0.335 e. The Morgan fingerprint density at radius 2 is 1.73 bits per heavy atom. The number of hydrogen-bond acceptors (Lipinski definition) is 8. The van der Waals surface area contributed by atoms with Crippen molar-refractivity contribution in [2.75, 3.05) is 33.9 Å². The van der Waals surface area contributed by atoms with Gasteiger partial charge in [0.2, 0.25) is 0 Å². The highest BCUT2D eigenvalue weighted by atomic mass is 35.5. The van der Waals surface area contributed by atoms with Crippen LogP contribution in [0.5, 0.6) is 11.5 Å². The van der Waals surface area contributed by atoms with Crippen LogP contribution in [0.3, 0.4) is 0 Å². The molecule has 7 rings (SSSR count). The second-order valence-corrected chi connectivity index (χ2v) is 13.6. The molecular formula is C38H38Cl2FN3O7. The maximum atomic E-state index is 15.3. The molecule has 10 nitrogen and oxygen atoms in total. The highest BCUT2D eigenvalue weighted by Gasteiger charge is 2.38. The van der Waals surface area contributed by atoms with E-state index < -0.39 is 29.7 Å². The number of ether oxygens (including phenoxy) is 3. The largest absolute Gasteiger partial charge is 0.619 e. The molecule has 3 fully saturated rings. The summed E-state index contributed by atoms with van der Waals surface area (Å²) >= 11 is 13.1. The molecule has 3 aromatic carbocycles. The number of carboxylic acids is 1. The van der Waals surface area contributed by atoms with Gasteiger partial charge in [0, 0.05) is 30.1 Å². The van der Waals surface area contributed by atoms with E-state index in [9.17, 15) is 19.9 Å². The van der Waals surface area contributed by atoms with E-state index >= 15 is 4.39 Å². The van der Waals surface area contributed by atoms with E-state index in [-0.39, 0.29) is 46.2 Å². The first-order chi connectivity index (χ1) is 24.6. The van der Waals surface area contributed by atoms with Gasteiger partial charge in [-0.05, 0) is 79.2 Å². The van der Waals surface area contributed by atoms with E-state index in [4.69, 9.17) is 37.4 Å². The van der Waals surface area contributed by atoms with Crippen LogP contribution in [-0.2, 0) is 22.5 Å². The van der Waals surface area contributed by atoms with Crippen molar-refractivity contribution >= 4 is 35.1 Å². The standard InChI is InChI=1S/C38H38Cl2FN3O7/c1-49-32-11-10-23(16-33(32)50-2)27(17-28-29(39)19-44(48)20-30(28)40)35-24(6-5-8-26(35)37(45)46)18-42-36(25-7-3-4-9-31(25)41)38(47)51-34-21-43-14-12-22(34)13-15-43/h3-11,16,19-20,22,27,34,36,42H,12-15,17-18,21H2,1-2H3,(H,45,46)/t27-,34-,36?/m0/s1. The number of fused-ring (bicyclic) bond motifs is 3. The molecule has 268 valence electrons. The van der Waals surface area contributed by atoms with Gasteiger partial charge in [-0.3, -0.25) is 10.2 Å². The Morgan fingerprint density at radius 3 is 2.35 bits per heavy atom. The van der Waals surface area contributed by atoms with Gasteiger partial charge in [0.1, 0.15) is 28.0 Å². The van der Waals surface area contributed by atoms with Crippen molar-refractivity contribution in [3.8, 4) is 11.5 Å². The Hall–Kier alpha value is -4.42. The Balaban J connectivity index is 1.42. The summed E-state index contributed by atoms with van der Waals surface area (Å²) in [7, 11) is 3.00. The number of halogens is 3. The number of carboxylic acid groups (broad SMARTS) is 1. The van der Waals surface area contributed by atoms with Crippen LogP contribution in [0, 0.1) is 16.9 Å². The SMILES string of the molecule is COc1ccc([C@H](Cc2c(Cl)c[n+]([O-])cc2Cl)c2c(CNC(C(=O)O[C@H]3CN4CCC3CC4)c3ccccc3F)cccc2C(=O)O)cc1OC. The molecule has 4 heterocycles. The second kappa shape index (κ2) is 15.9. The fourth-order valence-electron chi connectivity index (χ4n) is 7.25. The van der Waals surface area contributed by atoms with Gasteiger partial charge >= 0.3 is 11.9 Å². The number of hydrogen-bond donors (Lipinski definition) is 2. The highest BCUT2D eigenvalue weighted by Crippen LogP contribution is 2.40. The number of aromatic carboxylic acids is 1. The minimum Gasteiger partial charge on any atom is -0.619 e. The van der Waals surface area contributed by atoms with Crippen molar-refractivity contribution in [2.45, 2.75) is 43.9 Å². The van der Waals surface area contributed by atoms with Gasteiger partial charge in [-0.1, -0.05) is 59.6 Å². The minimum absolute atomic E-state index is 0.00607. The molecule has 2 bridgehead atoms. The molecule has 0 saturated carbocycles. The molecule has 3 saturated heterocycles. The van der Waals surface area contributed by atoms with Gasteiger partial charge in [0.05, 0.1) is 19.8 Å². The molecule has 2 N–H and O–H groups in total. The summed E-state index contributed by atoms with van der Waals surface area (Å²) < 4.78 is 32.9. The lowest BCUT2D eigenvalue weighted by atomic mass is 9.80. The van der Waals surface area contributed by atoms with Crippen LogP contribution in [0.2, 0.25) is 10.0 Å².